The van der Waals surface area contributed by atoms with E-state index in [1.807, 2.05) is 37.3 Å². The van der Waals surface area contributed by atoms with E-state index in [1.165, 1.54) is 0 Å². The number of likely N-dealkylation sites (N-methyl/N-ethyl adjacent to an activating group) is 1. The quantitative estimate of drug-likeness (QED) is 0.573. The highest BCUT2D eigenvalue weighted by molar-refractivity contribution is 6.30. The van der Waals surface area contributed by atoms with Crippen LogP contribution in [0.15, 0.2) is 48.5 Å². The molecule has 3 rings (SSSR count). The fraction of sp³-hybridized carbons (Fsp3) is 0.318. The summed E-state index contributed by atoms with van der Waals surface area (Å²) in [5.74, 6) is 1.60. The summed E-state index contributed by atoms with van der Waals surface area (Å²) in [6.45, 7) is 6.86. The van der Waals surface area contributed by atoms with E-state index in [-0.39, 0.29) is 11.7 Å². The Hall–Kier alpha value is -2.86. The number of benzene rings is 2. The molecule has 0 aliphatic heterocycles. The van der Waals surface area contributed by atoms with Gasteiger partial charge in [-0.25, -0.2) is 9.67 Å². The number of hydrogen-bond acceptors (Lipinski definition) is 4. The maximum atomic E-state index is 12.8. The lowest BCUT2D eigenvalue weighted by Crippen LogP contribution is -2.31. The van der Waals surface area contributed by atoms with Crippen molar-refractivity contribution in [2.45, 2.75) is 26.7 Å². The molecule has 29 heavy (non-hydrogen) atoms. The molecule has 3 aromatic rings. The zero-order valence-electron chi connectivity index (χ0n) is 17.1. The molecule has 0 aliphatic carbocycles. The summed E-state index contributed by atoms with van der Waals surface area (Å²) < 4.78 is 7.39. The molecule has 0 radical (unpaired) electrons. The van der Waals surface area contributed by atoms with Crippen LogP contribution < -0.4 is 4.74 Å². The minimum Gasteiger partial charge on any atom is -0.492 e. The Morgan fingerprint density at radius 1 is 1.21 bits per heavy atom. The fourth-order valence-corrected chi connectivity index (χ4v) is 3.19. The van der Waals surface area contributed by atoms with Gasteiger partial charge in [0.25, 0.3) is 5.91 Å². The molecule has 1 heterocycles. The lowest BCUT2D eigenvalue weighted by atomic mass is 10.0. The van der Waals surface area contributed by atoms with Crippen LogP contribution in [0.25, 0.3) is 5.69 Å². The van der Waals surface area contributed by atoms with Crippen molar-refractivity contribution < 1.29 is 9.53 Å². The van der Waals surface area contributed by atoms with Crippen LogP contribution in [0, 0.1) is 6.92 Å². The molecule has 0 bridgehead atoms. The van der Waals surface area contributed by atoms with Gasteiger partial charge in [-0.2, -0.15) is 0 Å². The van der Waals surface area contributed by atoms with Crippen LogP contribution in [-0.4, -0.2) is 45.8 Å². The minimum atomic E-state index is -0.247. The number of ether oxygens (including phenoxy) is 1. The van der Waals surface area contributed by atoms with Crippen molar-refractivity contribution in [1.29, 1.82) is 0 Å². The molecule has 0 atom stereocenters. The normalized spacial score (nSPS) is 11.0. The molecule has 0 saturated heterocycles. The monoisotopic (exact) mass is 412 g/mol. The molecule has 0 fully saturated rings. The van der Waals surface area contributed by atoms with Gasteiger partial charge in [-0.1, -0.05) is 49.7 Å². The first kappa shape index (κ1) is 20.9. The first-order chi connectivity index (χ1) is 13.9. The first-order valence-corrected chi connectivity index (χ1v) is 9.91. The van der Waals surface area contributed by atoms with E-state index in [4.69, 9.17) is 16.3 Å². The molecular weight excluding hydrogens is 388 g/mol. The minimum absolute atomic E-state index is 0.173. The summed E-state index contributed by atoms with van der Waals surface area (Å²) in [7, 11) is 1.71. The molecule has 0 unspecified atom stereocenters. The molecule has 152 valence electrons. The number of para-hydroxylation sites is 1. The van der Waals surface area contributed by atoms with Crippen LogP contribution in [0.2, 0.25) is 5.02 Å². The van der Waals surface area contributed by atoms with E-state index in [0.29, 0.717) is 35.7 Å². The molecule has 6 nitrogen and oxygen atoms in total. The van der Waals surface area contributed by atoms with E-state index >= 15 is 0 Å². The molecule has 1 aromatic heterocycles. The highest BCUT2D eigenvalue weighted by atomic mass is 35.5. The topological polar surface area (TPSA) is 60.3 Å². The van der Waals surface area contributed by atoms with Gasteiger partial charge in [-0.15, -0.1) is 5.10 Å². The lowest BCUT2D eigenvalue weighted by molar-refractivity contribution is 0.0762. The third kappa shape index (κ3) is 4.95. The van der Waals surface area contributed by atoms with Crippen molar-refractivity contribution >= 4 is 17.5 Å². The van der Waals surface area contributed by atoms with E-state index in [0.717, 1.165) is 11.3 Å². The Balaban J connectivity index is 1.69. The molecule has 1 amide bonds. The van der Waals surface area contributed by atoms with Crippen molar-refractivity contribution in [3.8, 4) is 11.4 Å². The van der Waals surface area contributed by atoms with Gasteiger partial charge >= 0.3 is 0 Å². The highest BCUT2D eigenvalue weighted by Gasteiger charge is 2.20. The summed E-state index contributed by atoms with van der Waals surface area (Å²) in [4.78, 5) is 18.7. The van der Waals surface area contributed by atoms with Gasteiger partial charge in [0.1, 0.15) is 18.2 Å². The zero-order valence-corrected chi connectivity index (χ0v) is 17.8. The predicted molar refractivity (Wildman–Crippen MR) is 114 cm³/mol. The molecule has 0 spiro atoms. The Morgan fingerprint density at radius 2 is 1.97 bits per heavy atom. The van der Waals surface area contributed by atoms with Gasteiger partial charge in [0.2, 0.25) is 5.82 Å². The van der Waals surface area contributed by atoms with E-state index in [1.54, 1.807) is 28.8 Å². The van der Waals surface area contributed by atoms with Crippen molar-refractivity contribution in [2.24, 2.45) is 0 Å². The van der Waals surface area contributed by atoms with E-state index in [9.17, 15) is 4.79 Å². The second-order valence-electron chi connectivity index (χ2n) is 7.14. The van der Waals surface area contributed by atoms with E-state index in [2.05, 4.69) is 30.0 Å². The summed E-state index contributed by atoms with van der Waals surface area (Å²) in [5.41, 5.74) is 2.10. The number of aryl methyl sites for hydroxylation is 1. The third-order valence-electron chi connectivity index (χ3n) is 4.59. The van der Waals surface area contributed by atoms with Crippen LogP contribution in [0.1, 0.15) is 41.8 Å². The number of aromatic nitrogens is 3. The second-order valence-corrected chi connectivity index (χ2v) is 7.58. The van der Waals surface area contributed by atoms with Crippen LogP contribution >= 0.6 is 11.6 Å². The summed E-state index contributed by atoms with van der Waals surface area (Å²) >= 11 is 5.95. The maximum Gasteiger partial charge on any atom is 0.293 e. The molecule has 0 saturated carbocycles. The average molecular weight is 413 g/mol. The van der Waals surface area contributed by atoms with E-state index < -0.39 is 0 Å². The van der Waals surface area contributed by atoms with Crippen molar-refractivity contribution in [2.75, 3.05) is 20.2 Å². The number of halogens is 1. The van der Waals surface area contributed by atoms with Crippen molar-refractivity contribution in [1.82, 2.24) is 19.7 Å². The Morgan fingerprint density at radius 3 is 2.69 bits per heavy atom. The fourth-order valence-electron chi connectivity index (χ4n) is 3.01. The standard InChI is InChI=1S/C22H25ClN4O2/c1-15(2)19-10-5-6-11-20(19)27-16(3)24-21(25-27)22(28)26(4)12-13-29-18-9-7-8-17(23)14-18/h5-11,14-15H,12-13H2,1-4H3. The number of hydrogen-bond donors (Lipinski definition) is 0. The molecule has 2 aromatic carbocycles. The largest absolute Gasteiger partial charge is 0.492 e. The van der Waals surface area contributed by atoms with Gasteiger partial charge in [0.15, 0.2) is 0 Å². The molecule has 0 N–H and O–H groups in total. The van der Waals surface area contributed by atoms with Gasteiger partial charge in [-0.05, 0) is 42.7 Å². The Kier molecular flexibility index (Phi) is 6.54. The number of carbonyl (C=O) groups is 1. The van der Waals surface area contributed by atoms with Crippen molar-refractivity contribution in [3.63, 3.8) is 0 Å². The Labute approximate surface area is 176 Å². The maximum absolute atomic E-state index is 12.8. The number of carbonyl (C=O) groups excluding carboxylic acids is 1. The van der Waals surface area contributed by atoms with Crippen LogP contribution in [0.4, 0.5) is 0 Å². The van der Waals surface area contributed by atoms with Gasteiger partial charge < -0.3 is 9.64 Å². The van der Waals surface area contributed by atoms with Crippen LogP contribution in [-0.2, 0) is 0 Å². The summed E-state index contributed by atoms with van der Waals surface area (Å²) in [6.07, 6.45) is 0. The summed E-state index contributed by atoms with van der Waals surface area (Å²) in [5, 5.41) is 5.09. The van der Waals surface area contributed by atoms with Crippen LogP contribution in [0.3, 0.4) is 0 Å². The highest BCUT2D eigenvalue weighted by Crippen LogP contribution is 2.23. The van der Waals surface area contributed by atoms with Crippen molar-refractivity contribution in [3.05, 3.63) is 70.8 Å². The lowest BCUT2D eigenvalue weighted by Gasteiger charge is -2.16. The average Bonchev–Trinajstić information content (AvgIpc) is 3.08. The number of amides is 1. The second kappa shape index (κ2) is 9.09. The molecule has 7 heteroatoms. The third-order valence-corrected chi connectivity index (χ3v) is 4.82. The number of nitrogens with zero attached hydrogens (tertiary/aromatic N) is 4. The first-order valence-electron chi connectivity index (χ1n) is 9.53. The zero-order chi connectivity index (χ0) is 21.0. The van der Waals surface area contributed by atoms with Gasteiger partial charge in [0, 0.05) is 12.1 Å². The predicted octanol–water partition coefficient (Wildman–Crippen LogP) is 4.50. The SMILES string of the molecule is Cc1nc(C(=O)N(C)CCOc2cccc(Cl)c2)nn1-c1ccccc1C(C)C. The molecule has 0 aliphatic rings. The number of rotatable bonds is 7. The van der Waals surface area contributed by atoms with Gasteiger partial charge in [-0.3, -0.25) is 4.79 Å². The Bertz CT molecular complexity index is 1000. The summed E-state index contributed by atoms with van der Waals surface area (Å²) in [6, 6.07) is 15.2. The van der Waals surface area contributed by atoms with Gasteiger partial charge in [0.05, 0.1) is 12.2 Å². The van der Waals surface area contributed by atoms with Crippen LogP contribution in [0.5, 0.6) is 5.75 Å². The molecular formula is C22H25ClN4O2. The smallest absolute Gasteiger partial charge is 0.293 e.